The van der Waals surface area contributed by atoms with Gasteiger partial charge in [-0.1, -0.05) is 166 Å². The Morgan fingerprint density at radius 2 is 0.953 bits per heavy atom. The third-order valence-corrected chi connectivity index (χ3v) is 16.2. The van der Waals surface area contributed by atoms with E-state index in [4.69, 9.17) is 0 Å². The van der Waals surface area contributed by atoms with Crippen LogP contribution in [0.5, 0.6) is 0 Å². The summed E-state index contributed by atoms with van der Waals surface area (Å²) in [6.45, 7) is 4.77. The summed E-state index contributed by atoms with van der Waals surface area (Å²) in [5.74, 6) is 2.85. The van der Waals surface area contributed by atoms with Crippen LogP contribution in [0.15, 0.2) is 194 Å². The highest BCUT2D eigenvalue weighted by molar-refractivity contribution is 6.03. The van der Waals surface area contributed by atoms with Gasteiger partial charge in [0.25, 0.3) is 0 Å². The fourth-order valence-corrected chi connectivity index (χ4v) is 13.5. The molecule has 5 aliphatic rings. The Kier molecular flexibility index (Phi) is 8.52. The maximum absolute atomic E-state index is 2.51. The van der Waals surface area contributed by atoms with Gasteiger partial charge in [0.15, 0.2) is 0 Å². The lowest BCUT2D eigenvalue weighted by Crippen LogP contribution is -2.48. The fourth-order valence-electron chi connectivity index (χ4n) is 13.5. The molecule has 4 bridgehead atoms. The lowest BCUT2D eigenvalue weighted by Gasteiger charge is -2.57. The molecule has 14 rings (SSSR count). The standard InChI is InChI=1S/C63H53N/c1-62(2)59-17-8-7-15-56(59)57-30-29-53(37-60(57)62)64(52-27-22-46(23-28-52)45-20-25-51(26-21-45)63-38-41-32-42(39-63)34-43(33-41)40-63)61-31-24-50(49-19-18-44-10-3-4-12-48(44)35-49)36-58(61)55-16-9-13-47-11-5-6-14-54(47)55/h3-31,35-37,41-43H,32-34,38-40H2,1-2H3. The first kappa shape index (κ1) is 37.8. The maximum atomic E-state index is 2.51. The van der Waals surface area contributed by atoms with E-state index in [1.54, 1.807) is 5.56 Å². The lowest BCUT2D eigenvalue weighted by atomic mass is 9.48. The summed E-state index contributed by atoms with van der Waals surface area (Å²) in [6, 6.07) is 73.6. The number of anilines is 3. The summed E-state index contributed by atoms with van der Waals surface area (Å²) in [5.41, 5.74) is 18.2. The lowest BCUT2D eigenvalue weighted by molar-refractivity contribution is -0.00518. The Labute approximate surface area is 378 Å². The van der Waals surface area contributed by atoms with Crippen molar-refractivity contribution in [3.63, 3.8) is 0 Å². The van der Waals surface area contributed by atoms with Crippen LogP contribution in [0.25, 0.3) is 66.1 Å². The van der Waals surface area contributed by atoms with Crippen LogP contribution in [0.4, 0.5) is 17.1 Å². The van der Waals surface area contributed by atoms with Gasteiger partial charge in [-0.05, 0) is 181 Å². The topological polar surface area (TPSA) is 3.24 Å². The van der Waals surface area contributed by atoms with Crippen LogP contribution in [0.2, 0.25) is 0 Å². The highest BCUT2D eigenvalue weighted by Gasteiger charge is 2.51. The third-order valence-electron chi connectivity index (χ3n) is 16.2. The quantitative estimate of drug-likeness (QED) is 0.155. The Morgan fingerprint density at radius 3 is 1.72 bits per heavy atom. The van der Waals surface area contributed by atoms with Gasteiger partial charge in [0, 0.05) is 22.4 Å². The molecule has 0 heterocycles. The van der Waals surface area contributed by atoms with E-state index in [1.165, 1.54) is 116 Å². The molecule has 4 fully saturated rings. The minimum atomic E-state index is -0.127. The van der Waals surface area contributed by atoms with Gasteiger partial charge in [0.05, 0.1) is 5.69 Å². The van der Waals surface area contributed by atoms with Crippen molar-refractivity contribution in [2.24, 2.45) is 17.8 Å². The number of benzene rings is 9. The van der Waals surface area contributed by atoms with Gasteiger partial charge in [-0.2, -0.15) is 0 Å². The molecule has 310 valence electrons. The third kappa shape index (κ3) is 6.04. The molecule has 0 saturated heterocycles. The first-order chi connectivity index (χ1) is 31.4. The molecule has 0 aliphatic heterocycles. The number of hydrogen-bond acceptors (Lipinski definition) is 1. The Bertz CT molecular complexity index is 3240. The number of hydrogen-bond donors (Lipinski definition) is 0. The van der Waals surface area contributed by atoms with Crippen molar-refractivity contribution < 1.29 is 0 Å². The molecule has 0 atom stereocenters. The molecule has 0 amide bonds. The number of nitrogens with zero attached hydrogens (tertiary/aromatic N) is 1. The Morgan fingerprint density at radius 1 is 0.391 bits per heavy atom. The minimum absolute atomic E-state index is 0.127. The molecular weight excluding hydrogens is 771 g/mol. The molecule has 0 N–H and O–H groups in total. The average molecular weight is 824 g/mol. The monoisotopic (exact) mass is 823 g/mol. The highest BCUT2D eigenvalue weighted by Crippen LogP contribution is 2.61. The van der Waals surface area contributed by atoms with E-state index in [2.05, 4.69) is 213 Å². The molecule has 64 heavy (non-hydrogen) atoms. The maximum Gasteiger partial charge on any atom is 0.0540 e. The van der Waals surface area contributed by atoms with Crippen molar-refractivity contribution in [3.05, 3.63) is 211 Å². The minimum Gasteiger partial charge on any atom is -0.310 e. The van der Waals surface area contributed by atoms with E-state index in [0.717, 1.165) is 34.8 Å². The van der Waals surface area contributed by atoms with Crippen molar-refractivity contribution in [1.82, 2.24) is 0 Å². The van der Waals surface area contributed by atoms with Crippen LogP contribution in [0.1, 0.15) is 69.1 Å². The molecule has 9 aromatic carbocycles. The van der Waals surface area contributed by atoms with Crippen molar-refractivity contribution in [2.45, 2.75) is 63.2 Å². The van der Waals surface area contributed by atoms with Crippen LogP contribution >= 0.6 is 0 Å². The number of fused-ring (bicyclic) bond motifs is 5. The van der Waals surface area contributed by atoms with E-state index in [-0.39, 0.29) is 5.41 Å². The summed E-state index contributed by atoms with van der Waals surface area (Å²) < 4.78 is 0. The van der Waals surface area contributed by atoms with Gasteiger partial charge in [0.1, 0.15) is 0 Å². The number of rotatable bonds is 7. The summed E-state index contributed by atoms with van der Waals surface area (Å²) in [7, 11) is 0. The second-order valence-electron chi connectivity index (χ2n) is 20.4. The van der Waals surface area contributed by atoms with Gasteiger partial charge < -0.3 is 4.90 Å². The van der Waals surface area contributed by atoms with E-state index in [1.807, 2.05) is 0 Å². The average Bonchev–Trinajstić information content (AvgIpc) is 3.56. The van der Waals surface area contributed by atoms with E-state index in [0.29, 0.717) is 5.41 Å². The summed E-state index contributed by atoms with van der Waals surface area (Å²) in [6.07, 6.45) is 8.65. The molecule has 0 spiro atoms. The summed E-state index contributed by atoms with van der Waals surface area (Å²) >= 11 is 0. The largest absolute Gasteiger partial charge is 0.310 e. The zero-order valence-corrected chi connectivity index (χ0v) is 36.9. The molecule has 0 radical (unpaired) electrons. The molecule has 9 aromatic rings. The van der Waals surface area contributed by atoms with E-state index in [9.17, 15) is 0 Å². The van der Waals surface area contributed by atoms with Gasteiger partial charge >= 0.3 is 0 Å². The molecular formula is C63H53N. The zero-order valence-electron chi connectivity index (χ0n) is 36.9. The van der Waals surface area contributed by atoms with Gasteiger partial charge in [-0.3, -0.25) is 0 Å². The molecule has 0 unspecified atom stereocenters. The molecule has 1 heteroatoms. The molecule has 5 aliphatic carbocycles. The fraction of sp³-hybridized carbons (Fsp3) is 0.206. The van der Waals surface area contributed by atoms with Gasteiger partial charge in [-0.25, -0.2) is 0 Å². The summed E-state index contributed by atoms with van der Waals surface area (Å²) in [4.78, 5) is 2.51. The molecule has 0 aromatic heterocycles. The first-order valence-corrected chi connectivity index (χ1v) is 23.7. The van der Waals surface area contributed by atoms with Crippen LogP contribution < -0.4 is 4.90 Å². The van der Waals surface area contributed by atoms with E-state index < -0.39 is 0 Å². The predicted molar refractivity (Wildman–Crippen MR) is 270 cm³/mol. The Hall–Kier alpha value is -6.70. The smallest absolute Gasteiger partial charge is 0.0540 e. The Balaban J connectivity index is 0.960. The van der Waals surface area contributed by atoms with Crippen LogP contribution in [-0.4, -0.2) is 0 Å². The normalized spacial score (nSPS) is 21.2. The molecule has 4 saturated carbocycles. The first-order valence-electron chi connectivity index (χ1n) is 23.7. The van der Waals surface area contributed by atoms with E-state index >= 15 is 0 Å². The van der Waals surface area contributed by atoms with Crippen molar-refractivity contribution in [2.75, 3.05) is 4.90 Å². The van der Waals surface area contributed by atoms with Crippen molar-refractivity contribution in [1.29, 1.82) is 0 Å². The van der Waals surface area contributed by atoms with Crippen LogP contribution in [-0.2, 0) is 10.8 Å². The van der Waals surface area contributed by atoms with Crippen molar-refractivity contribution in [3.8, 4) is 44.5 Å². The van der Waals surface area contributed by atoms with Crippen LogP contribution in [0.3, 0.4) is 0 Å². The predicted octanol–water partition coefficient (Wildman–Crippen LogP) is 17.2. The zero-order chi connectivity index (χ0) is 42.6. The summed E-state index contributed by atoms with van der Waals surface area (Å²) in [5, 5.41) is 5.00. The second kappa shape index (κ2) is 14.4. The molecule has 1 nitrogen and oxygen atoms in total. The van der Waals surface area contributed by atoms with Crippen LogP contribution in [0, 0.1) is 17.8 Å². The van der Waals surface area contributed by atoms with Gasteiger partial charge in [-0.15, -0.1) is 0 Å². The highest BCUT2D eigenvalue weighted by atomic mass is 15.1. The second-order valence-corrected chi connectivity index (χ2v) is 20.4. The van der Waals surface area contributed by atoms with Crippen molar-refractivity contribution >= 4 is 38.6 Å². The SMILES string of the molecule is CC1(C)c2ccccc2-c2ccc(N(c3ccc(-c4ccc(C56CC7CC(CC(C7)C5)C6)cc4)cc3)c3ccc(-c4ccc5ccccc5c4)cc3-c3cccc4ccccc34)cc21. The van der Waals surface area contributed by atoms with Gasteiger partial charge in [0.2, 0.25) is 0 Å².